The van der Waals surface area contributed by atoms with Crippen LogP contribution in [0.1, 0.15) is 43.4 Å². The van der Waals surface area contributed by atoms with Crippen LogP contribution in [0.2, 0.25) is 0 Å². The lowest BCUT2D eigenvalue weighted by molar-refractivity contribution is -0.137. The molecule has 2 amide bonds. The van der Waals surface area contributed by atoms with Gasteiger partial charge in [0.05, 0.1) is 17.0 Å². The fraction of sp³-hybridized carbons (Fsp3) is 0.310. The molecular weight excluding hydrogens is 557 g/mol. The molecule has 1 aliphatic heterocycles. The van der Waals surface area contributed by atoms with Gasteiger partial charge in [0.1, 0.15) is 6.04 Å². The van der Waals surface area contributed by atoms with Gasteiger partial charge in [-0.2, -0.15) is 13.2 Å². The van der Waals surface area contributed by atoms with Crippen molar-refractivity contribution in [1.82, 2.24) is 5.32 Å². The van der Waals surface area contributed by atoms with Crippen molar-refractivity contribution in [1.29, 1.82) is 0 Å². The van der Waals surface area contributed by atoms with E-state index in [-0.39, 0.29) is 30.7 Å². The van der Waals surface area contributed by atoms with Crippen molar-refractivity contribution < 1.29 is 31.2 Å². The smallest absolute Gasteiger partial charge is 0.344 e. The molecule has 0 unspecified atom stereocenters. The molecule has 218 valence electrons. The molecule has 0 aromatic heterocycles. The Morgan fingerprint density at radius 2 is 1.71 bits per heavy atom. The quantitative estimate of drug-likeness (QED) is 0.382. The Balaban J connectivity index is 1.68. The van der Waals surface area contributed by atoms with Crippen LogP contribution in [-0.4, -0.2) is 31.8 Å². The number of sulfonamides is 1. The standard InChI is InChI=1S/C29H31F3N4O4S/c1-28(2,33)16-26(37)35-23-13-11-20-15-21(29(30,31)32)12-14-24(20)36(27(23)38)17-18-7-9-19(10-8-18)22-5-3-4-6-25(22)41(34,39)40/h3-10,12,14-15,23H,11,13,16-17,33H2,1-2H3,(H,35,37)(H2,34,39,40)/t23-/m1/s1. The molecule has 0 fully saturated rings. The van der Waals surface area contributed by atoms with E-state index in [2.05, 4.69) is 5.32 Å². The lowest BCUT2D eigenvalue weighted by Gasteiger charge is -2.27. The molecule has 0 aliphatic carbocycles. The van der Waals surface area contributed by atoms with E-state index in [1.165, 1.54) is 17.0 Å². The highest BCUT2D eigenvalue weighted by molar-refractivity contribution is 7.89. The summed E-state index contributed by atoms with van der Waals surface area (Å²) < 4.78 is 64.5. The average Bonchev–Trinajstić information content (AvgIpc) is 2.99. The van der Waals surface area contributed by atoms with Crippen LogP contribution < -0.4 is 21.1 Å². The van der Waals surface area contributed by atoms with Crippen LogP contribution in [-0.2, 0) is 38.8 Å². The van der Waals surface area contributed by atoms with Crippen molar-refractivity contribution in [3.63, 3.8) is 0 Å². The second-order valence-corrected chi connectivity index (χ2v) is 12.4. The van der Waals surface area contributed by atoms with Crippen LogP contribution in [0.25, 0.3) is 11.1 Å². The Morgan fingerprint density at radius 1 is 1.05 bits per heavy atom. The van der Waals surface area contributed by atoms with E-state index in [9.17, 15) is 31.2 Å². The molecule has 1 atom stereocenters. The van der Waals surface area contributed by atoms with Gasteiger partial charge in [0, 0.05) is 23.2 Å². The van der Waals surface area contributed by atoms with E-state index in [1.54, 1.807) is 56.3 Å². The molecule has 1 aliphatic rings. The summed E-state index contributed by atoms with van der Waals surface area (Å²) in [6, 6.07) is 15.3. The second kappa shape index (κ2) is 11.3. The maximum absolute atomic E-state index is 13.7. The molecule has 0 saturated heterocycles. The van der Waals surface area contributed by atoms with Crippen LogP contribution in [0.15, 0.2) is 71.6 Å². The number of anilines is 1. The predicted octanol–water partition coefficient (Wildman–Crippen LogP) is 4.11. The number of benzene rings is 3. The van der Waals surface area contributed by atoms with Crippen molar-refractivity contribution in [2.24, 2.45) is 10.9 Å². The molecule has 0 radical (unpaired) electrons. The predicted molar refractivity (Wildman–Crippen MR) is 149 cm³/mol. The van der Waals surface area contributed by atoms with Gasteiger partial charge in [0.2, 0.25) is 21.8 Å². The summed E-state index contributed by atoms with van der Waals surface area (Å²) in [6.07, 6.45) is -4.34. The zero-order valence-corrected chi connectivity index (χ0v) is 23.4. The number of carbonyl (C=O) groups is 2. The number of rotatable bonds is 7. The number of halogens is 3. The van der Waals surface area contributed by atoms with Gasteiger partial charge in [0.15, 0.2) is 0 Å². The Bertz CT molecular complexity index is 1570. The molecule has 41 heavy (non-hydrogen) atoms. The van der Waals surface area contributed by atoms with Crippen molar-refractivity contribution in [3.8, 4) is 11.1 Å². The van der Waals surface area contributed by atoms with Crippen LogP contribution in [0.4, 0.5) is 18.9 Å². The number of aryl methyl sites for hydroxylation is 1. The highest BCUT2D eigenvalue weighted by atomic mass is 32.2. The summed E-state index contributed by atoms with van der Waals surface area (Å²) in [5, 5.41) is 8.07. The minimum absolute atomic E-state index is 0.00304. The molecule has 12 heteroatoms. The van der Waals surface area contributed by atoms with Crippen molar-refractivity contribution in [3.05, 3.63) is 83.4 Å². The normalized spacial score (nSPS) is 16.2. The number of carbonyl (C=O) groups excluding carboxylic acids is 2. The van der Waals surface area contributed by atoms with Crippen molar-refractivity contribution >= 4 is 27.5 Å². The largest absolute Gasteiger partial charge is 0.416 e. The van der Waals surface area contributed by atoms with Gasteiger partial charge in [-0.15, -0.1) is 0 Å². The third-order valence-corrected chi connectivity index (χ3v) is 7.68. The number of primary sulfonamides is 1. The summed E-state index contributed by atoms with van der Waals surface area (Å²) in [5.41, 5.74) is 6.58. The first kappa shape index (κ1) is 30.2. The number of fused-ring (bicyclic) bond motifs is 1. The highest BCUT2D eigenvalue weighted by Gasteiger charge is 2.35. The first-order valence-corrected chi connectivity index (χ1v) is 14.4. The first-order chi connectivity index (χ1) is 19.0. The van der Waals surface area contributed by atoms with Gasteiger partial charge >= 0.3 is 6.18 Å². The van der Waals surface area contributed by atoms with E-state index in [4.69, 9.17) is 10.9 Å². The Hall–Kier alpha value is -3.74. The van der Waals surface area contributed by atoms with Gasteiger partial charge in [-0.3, -0.25) is 9.59 Å². The molecule has 5 N–H and O–H groups in total. The third kappa shape index (κ3) is 7.32. The van der Waals surface area contributed by atoms with Gasteiger partial charge in [-0.25, -0.2) is 13.6 Å². The van der Waals surface area contributed by atoms with Gasteiger partial charge in [-0.05, 0) is 67.6 Å². The Morgan fingerprint density at radius 3 is 2.32 bits per heavy atom. The van der Waals surface area contributed by atoms with Crippen LogP contribution in [0.3, 0.4) is 0 Å². The second-order valence-electron chi connectivity index (χ2n) is 10.8. The van der Waals surface area contributed by atoms with E-state index in [0.717, 1.165) is 12.1 Å². The lowest BCUT2D eigenvalue weighted by Crippen LogP contribution is -2.49. The molecule has 1 heterocycles. The maximum atomic E-state index is 13.7. The molecule has 8 nitrogen and oxygen atoms in total. The number of alkyl halides is 3. The van der Waals surface area contributed by atoms with Gasteiger partial charge < -0.3 is 16.0 Å². The van der Waals surface area contributed by atoms with Crippen LogP contribution in [0.5, 0.6) is 0 Å². The minimum atomic E-state index is -4.56. The fourth-order valence-corrected chi connectivity index (χ4v) is 5.60. The number of hydrogen-bond acceptors (Lipinski definition) is 5. The van der Waals surface area contributed by atoms with Crippen molar-refractivity contribution in [2.75, 3.05) is 4.90 Å². The maximum Gasteiger partial charge on any atom is 0.416 e. The van der Waals surface area contributed by atoms with E-state index in [1.807, 2.05) is 0 Å². The molecule has 4 rings (SSSR count). The topological polar surface area (TPSA) is 136 Å². The zero-order chi connectivity index (χ0) is 30.2. The molecule has 3 aromatic carbocycles. The summed E-state index contributed by atoms with van der Waals surface area (Å²) in [5.74, 6) is -0.897. The summed E-state index contributed by atoms with van der Waals surface area (Å²) in [4.78, 5) is 27.7. The van der Waals surface area contributed by atoms with Gasteiger partial charge in [-0.1, -0.05) is 42.5 Å². The Labute approximate surface area is 236 Å². The molecular formula is C29H31F3N4O4S. The van der Waals surface area contributed by atoms with E-state index >= 15 is 0 Å². The van der Waals surface area contributed by atoms with Crippen molar-refractivity contribution in [2.45, 2.75) is 62.3 Å². The highest BCUT2D eigenvalue weighted by Crippen LogP contribution is 2.36. The number of amides is 2. The SMILES string of the molecule is CC(C)(N)CC(=O)N[C@@H]1CCc2cc(C(F)(F)F)ccc2N(Cc2ccc(-c3ccccc3S(N)(=O)=O)cc2)C1=O. The zero-order valence-electron chi connectivity index (χ0n) is 22.5. The number of nitrogens with two attached hydrogens (primary N) is 2. The van der Waals surface area contributed by atoms with Crippen LogP contribution in [0, 0.1) is 0 Å². The molecule has 0 bridgehead atoms. The summed E-state index contributed by atoms with van der Waals surface area (Å²) in [6.45, 7) is 3.35. The summed E-state index contributed by atoms with van der Waals surface area (Å²) in [7, 11) is -3.98. The molecule has 3 aromatic rings. The average molecular weight is 589 g/mol. The summed E-state index contributed by atoms with van der Waals surface area (Å²) >= 11 is 0. The van der Waals surface area contributed by atoms with E-state index in [0.29, 0.717) is 27.9 Å². The monoisotopic (exact) mass is 588 g/mol. The lowest BCUT2D eigenvalue weighted by atomic mass is 10.0. The fourth-order valence-electron chi connectivity index (χ4n) is 4.84. The molecule has 0 saturated carbocycles. The van der Waals surface area contributed by atoms with E-state index < -0.39 is 45.2 Å². The van der Waals surface area contributed by atoms with Gasteiger partial charge in [0.25, 0.3) is 0 Å². The first-order valence-electron chi connectivity index (χ1n) is 12.8. The number of hydrogen-bond donors (Lipinski definition) is 3. The minimum Gasteiger partial charge on any atom is -0.344 e. The number of nitrogens with one attached hydrogen (secondary N) is 1. The third-order valence-electron chi connectivity index (χ3n) is 6.71. The number of nitrogens with zero attached hydrogens (tertiary/aromatic N) is 1. The van der Waals surface area contributed by atoms with Crippen LogP contribution >= 0.6 is 0 Å². The molecule has 0 spiro atoms. The Kier molecular flexibility index (Phi) is 8.30.